The van der Waals surface area contributed by atoms with Crippen LogP contribution >= 0.6 is 15.9 Å². The van der Waals surface area contributed by atoms with Crippen LogP contribution < -0.4 is 10.1 Å². The Hall–Kier alpha value is -2.59. The van der Waals surface area contributed by atoms with E-state index in [9.17, 15) is 4.39 Å². The monoisotopic (exact) mass is 449 g/mol. The molecule has 0 saturated carbocycles. The first-order chi connectivity index (χ1) is 13.8. The number of fused-ring (bicyclic) bond motifs is 5. The Morgan fingerprint density at radius 3 is 2.69 bits per heavy atom. The van der Waals surface area contributed by atoms with Crippen LogP contribution in [0.4, 0.5) is 10.1 Å². The van der Waals surface area contributed by atoms with E-state index in [1.165, 1.54) is 6.07 Å². The maximum Gasteiger partial charge on any atom is 0.150 e. The summed E-state index contributed by atoms with van der Waals surface area (Å²) in [4.78, 5) is 0. The number of para-hydroxylation sites is 1. The van der Waals surface area contributed by atoms with Crippen molar-refractivity contribution in [3.63, 3.8) is 0 Å². The Balaban J connectivity index is 1.80. The van der Waals surface area contributed by atoms with Gasteiger partial charge in [0.15, 0.2) is 6.10 Å². The molecule has 2 heterocycles. The first kappa shape index (κ1) is 18.4. The van der Waals surface area contributed by atoms with Gasteiger partial charge < -0.3 is 10.1 Å². The van der Waals surface area contributed by atoms with Gasteiger partial charge in [-0.05, 0) is 61.7 Å². The molecule has 1 N–H and O–H groups in total. The van der Waals surface area contributed by atoms with Crippen molar-refractivity contribution in [3.8, 4) is 16.9 Å². The van der Waals surface area contributed by atoms with E-state index in [-0.39, 0.29) is 11.4 Å². The first-order valence-corrected chi connectivity index (χ1v) is 10.5. The third-order valence-corrected chi connectivity index (χ3v) is 6.06. The number of hydrogen-bond donors (Lipinski definition) is 1. The molecule has 2 aliphatic heterocycles. The van der Waals surface area contributed by atoms with E-state index in [4.69, 9.17) is 4.74 Å². The summed E-state index contributed by atoms with van der Waals surface area (Å²) in [6.45, 7) is 8.75. The zero-order valence-corrected chi connectivity index (χ0v) is 17.9. The van der Waals surface area contributed by atoms with Crippen molar-refractivity contribution >= 4 is 27.2 Å². The van der Waals surface area contributed by atoms with Crippen molar-refractivity contribution in [1.29, 1.82) is 0 Å². The third kappa shape index (κ3) is 3.06. The zero-order chi connectivity index (χ0) is 20.3. The second-order valence-corrected chi connectivity index (χ2v) is 9.35. The van der Waals surface area contributed by atoms with Crippen molar-refractivity contribution in [1.82, 2.24) is 0 Å². The summed E-state index contributed by atoms with van der Waals surface area (Å²) in [6, 6.07) is 17.2. The van der Waals surface area contributed by atoms with Crippen molar-refractivity contribution in [2.75, 3.05) is 5.32 Å². The summed E-state index contributed by atoms with van der Waals surface area (Å²) in [5.74, 6) is 0.515. The van der Waals surface area contributed by atoms with Crippen LogP contribution in [0, 0.1) is 5.82 Å². The largest absolute Gasteiger partial charge is 0.480 e. The van der Waals surface area contributed by atoms with Crippen molar-refractivity contribution < 1.29 is 9.13 Å². The molecule has 0 aromatic heterocycles. The summed E-state index contributed by atoms with van der Waals surface area (Å²) in [5, 5.41) is 3.64. The van der Waals surface area contributed by atoms with Gasteiger partial charge in [0.05, 0.1) is 0 Å². The topological polar surface area (TPSA) is 21.3 Å². The fourth-order valence-corrected chi connectivity index (χ4v) is 5.06. The SMILES string of the molecule is C=C1CC(C)(C)Nc2ccc3c(c21)C(c1cc(F)cc(Br)c1)Oc1ccccc1-3. The summed E-state index contributed by atoms with van der Waals surface area (Å²) in [5.41, 5.74) is 7.13. The maximum atomic E-state index is 14.3. The molecule has 29 heavy (non-hydrogen) atoms. The highest BCUT2D eigenvalue weighted by Gasteiger charge is 2.36. The Labute approximate surface area is 178 Å². The molecule has 0 aliphatic carbocycles. The van der Waals surface area contributed by atoms with Crippen LogP contribution in [0.5, 0.6) is 5.75 Å². The molecule has 4 heteroatoms. The number of nitrogens with one attached hydrogen (secondary N) is 1. The van der Waals surface area contributed by atoms with E-state index in [0.29, 0.717) is 4.47 Å². The highest BCUT2D eigenvalue weighted by molar-refractivity contribution is 9.10. The molecule has 5 rings (SSSR count). The molecule has 3 aromatic carbocycles. The second-order valence-electron chi connectivity index (χ2n) is 8.44. The smallest absolute Gasteiger partial charge is 0.150 e. The Morgan fingerprint density at radius 1 is 1.10 bits per heavy atom. The number of ether oxygens (including phenoxy) is 1. The molecule has 0 bridgehead atoms. The number of anilines is 1. The van der Waals surface area contributed by atoms with Crippen molar-refractivity contribution in [3.05, 3.63) is 88.2 Å². The van der Waals surface area contributed by atoms with E-state index in [0.717, 1.165) is 51.2 Å². The molecule has 0 fully saturated rings. The molecule has 2 nitrogen and oxygen atoms in total. The van der Waals surface area contributed by atoms with Gasteiger partial charge in [-0.15, -0.1) is 0 Å². The molecule has 2 aliphatic rings. The molecule has 0 amide bonds. The lowest BCUT2D eigenvalue weighted by Gasteiger charge is -2.39. The molecular weight excluding hydrogens is 429 g/mol. The summed E-state index contributed by atoms with van der Waals surface area (Å²) in [7, 11) is 0. The van der Waals surface area contributed by atoms with Gasteiger partial charge in [-0.3, -0.25) is 0 Å². The fraction of sp³-hybridized carbons (Fsp3) is 0.200. The third-order valence-electron chi connectivity index (χ3n) is 5.60. The summed E-state index contributed by atoms with van der Waals surface area (Å²) >= 11 is 3.43. The van der Waals surface area contributed by atoms with Crippen LogP contribution in [0.15, 0.2) is 65.6 Å². The number of benzene rings is 3. The first-order valence-electron chi connectivity index (χ1n) is 9.68. The molecular formula is C25H21BrFNO. The van der Waals surface area contributed by atoms with Crippen LogP contribution in [0.3, 0.4) is 0 Å². The highest BCUT2D eigenvalue weighted by Crippen LogP contribution is 2.51. The minimum Gasteiger partial charge on any atom is -0.480 e. The summed E-state index contributed by atoms with van der Waals surface area (Å²) < 4.78 is 21.4. The second kappa shape index (κ2) is 6.46. The average Bonchev–Trinajstić information content (AvgIpc) is 2.65. The van der Waals surface area contributed by atoms with E-state index in [1.54, 1.807) is 6.07 Å². The van der Waals surface area contributed by atoms with Crippen LogP contribution in [0.1, 0.15) is 43.1 Å². The number of hydrogen-bond acceptors (Lipinski definition) is 2. The minimum absolute atomic E-state index is 0.0663. The Kier molecular flexibility index (Phi) is 4.11. The quantitative estimate of drug-likeness (QED) is 0.419. The van der Waals surface area contributed by atoms with Crippen LogP contribution in [-0.2, 0) is 0 Å². The van der Waals surface area contributed by atoms with Crippen molar-refractivity contribution in [2.45, 2.75) is 31.9 Å². The van der Waals surface area contributed by atoms with E-state index in [1.807, 2.05) is 24.3 Å². The van der Waals surface area contributed by atoms with Crippen LogP contribution in [0.2, 0.25) is 0 Å². The Morgan fingerprint density at radius 2 is 1.90 bits per heavy atom. The number of halogens is 2. The molecule has 0 saturated heterocycles. The normalized spacial score (nSPS) is 18.8. The molecule has 1 unspecified atom stereocenters. The lowest BCUT2D eigenvalue weighted by atomic mass is 9.78. The fourth-order valence-electron chi connectivity index (χ4n) is 4.58. The zero-order valence-electron chi connectivity index (χ0n) is 16.4. The Bertz CT molecular complexity index is 1150. The predicted octanol–water partition coefficient (Wildman–Crippen LogP) is 7.34. The average molecular weight is 450 g/mol. The standard InChI is InChI=1S/C25H21BrFNO/c1-14-13-25(2,3)28-20-9-8-19-18-6-4-5-7-21(18)29-24(23(19)22(14)20)15-10-16(26)12-17(27)11-15/h4-12,24,28H,1,13H2,2-3H3. The van der Waals surface area contributed by atoms with Gasteiger partial charge >= 0.3 is 0 Å². The number of rotatable bonds is 1. The van der Waals surface area contributed by atoms with Gasteiger partial charge in [-0.2, -0.15) is 0 Å². The van der Waals surface area contributed by atoms with Gasteiger partial charge in [-0.25, -0.2) is 4.39 Å². The summed E-state index contributed by atoms with van der Waals surface area (Å²) in [6.07, 6.45) is 0.416. The highest BCUT2D eigenvalue weighted by atomic mass is 79.9. The molecule has 1 atom stereocenters. The van der Waals surface area contributed by atoms with Crippen LogP contribution in [-0.4, -0.2) is 5.54 Å². The van der Waals surface area contributed by atoms with E-state index < -0.39 is 6.10 Å². The van der Waals surface area contributed by atoms with Gasteiger partial charge in [-0.1, -0.05) is 46.8 Å². The molecule has 0 radical (unpaired) electrons. The minimum atomic E-state index is -0.415. The molecule has 146 valence electrons. The van der Waals surface area contributed by atoms with Gasteiger partial charge in [0.1, 0.15) is 11.6 Å². The van der Waals surface area contributed by atoms with E-state index >= 15 is 0 Å². The maximum absolute atomic E-state index is 14.3. The molecule has 3 aromatic rings. The van der Waals surface area contributed by atoms with Gasteiger partial charge in [0, 0.05) is 38.0 Å². The predicted molar refractivity (Wildman–Crippen MR) is 120 cm³/mol. The lowest BCUT2D eigenvalue weighted by molar-refractivity contribution is 0.242. The van der Waals surface area contributed by atoms with E-state index in [2.05, 4.69) is 59.9 Å². The lowest BCUT2D eigenvalue weighted by Crippen LogP contribution is -2.35. The van der Waals surface area contributed by atoms with Crippen LogP contribution in [0.25, 0.3) is 16.7 Å². The van der Waals surface area contributed by atoms with Gasteiger partial charge in [0.2, 0.25) is 0 Å². The van der Waals surface area contributed by atoms with Gasteiger partial charge in [0.25, 0.3) is 0 Å². The van der Waals surface area contributed by atoms with Crippen molar-refractivity contribution in [2.24, 2.45) is 0 Å². The molecule has 0 spiro atoms.